The molecule has 32 heavy (non-hydrogen) atoms. The Bertz CT molecular complexity index is 1100. The molecular weight excluding hydrogens is 415 g/mol. The van der Waals surface area contributed by atoms with Crippen LogP contribution in [0.4, 0.5) is 19.0 Å². The van der Waals surface area contributed by atoms with Crippen molar-refractivity contribution in [2.24, 2.45) is 0 Å². The molecule has 0 bridgehead atoms. The molecule has 0 spiro atoms. The molecule has 0 unspecified atom stereocenters. The molecule has 4 nitrogen and oxygen atoms in total. The third kappa shape index (κ3) is 4.93. The fraction of sp³-hybridized carbons (Fsp3) is 0.280. The maximum absolute atomic E-state index is 13.4. The van der Waals surface area contributed by atoms with Gasteiger partial charge < -0.3 is 10.2 Å². The highest BCUT2D eigenvalue weighted by Crippen LogP contribution is 2.36. The molecule has 1 aromatic carbocycles. The molecule has 0 aliphatic carbocycles. The lowest BCUT2D eigenvalue weighted by atomic mass is 9.96. The molecule has 0 saturated carbocycles. The van der Waals surface area contributed by atoms with E-state index in [1.165, 1.54) is 18.2 Å². The number of nitrogens with one attached hydrogen (secondary N) is 1. The number of allylic oxidation sites excluding steroid dienone is 1. The van der Waals surface area contributed by atoms with Gasteiger partial charge in [0.1, 0.15) is 5.82 Å². The molecule has 4 rings (SSSR count). The van der Waals surface area contributed by atoms with Gasteiger partial charge in [0.15, 0.2) is 0 Å². The number of carbonyl (C=O) groups excluding carboxylic acids is 1. The van der Waals surface area contributed by atoms with E-state index in [4.69, 9.17) is 0 Å². The zero-order valence-electron chi connectivity index (χ0n) is 17.6. The van der Waals surface area contributed by atoms with Gasteiger partial charge >= 0.3 is 6.18 Å². The number of fused-ring (bicyclic) bond motifs is 1. The lowest BCUT2D eigenvalue weighted by Gasteiger charge is -2.20. The Morgan fingerprint density at radius 1 is 1.16 bits per heavy atom. The van der Waals surface area contributed by atoms with Gasteiger partial charge in [-0.25, -0.2) is 4.98 Å². The summed E-state index contributed by atoms with van der Waals surface area (Å²) < 4.78 is 40.1. The SMILES string of the molecule is C=C1CCc2cc(/C=C/C(=O)N3CCC=C(c4ccccc4C(F)(F)F)CC3)cnc2N1. The molecule has 0 saturated heterocycles. The molecule has 2 aliphatic rings. The lowest BCUT2D eigenvalue weighted by molar-refractivity contribution is -0.137. The summed E-state index contributed by atoms with van der Waals surface area (Å²) in [6.07, 6.45) is 4.93. The normalized spacial score (nSPS) is 16.9. The summed E-state index contributed by atoms with van der Waals surface area (Å²) in [7, 11) is 0. The fourth-order valence-corrected chi connectivity index (χ4v) is 4.05. The zero-order valence-corrected chi connectivity index (χ0v) is 17.6. The Morgan fingerprint density at radius 2 is 1.97 bits per heavy atom. The topological polar surface area (TPSA) is 45.2 Å². The molecule has 2 aromatic rings. The largest absolute Gasteiger partial charge is 0.416 e. The number of pyridine rings is 1. The van der Waals surface area contributed by atoms with Gasteiger partial charge in [-0.05, 0) is 66.2 Å². The van der Waals surface area contributed by atoms with Gasteiger partial charge in [-0.1, -0.05) is 30.9 Å². The van der Waals surface area contributed by atoms with Gasteiger partial charge in [-0.3, -0.25) is 4.79 Å². The van der Waals surface area contributed by atoms with Crippen molar-refractivity contribution < 1.29 is 18.0 Å². The lowest BCUT2D eigenvalue weighted by Crippen LogP contribution is -2.30. The fourth-order valence-electron chi connectivity index (χ4n) is 4.05. The second-order valence-electron chi connectivity index (χ2n) is 7.97. The van der Waals surface area contributed by atoms with Crippen molar-refractivity contribution in [1.82, 2.24) is 9.88 Å². The van der Waals surface area contributed by atoms with Crippen molar-refractivity contribution in [2.75, 3.05) is 18.4 Å². The van der Waals surface area contributed by atoms with Crippen molar-refractivity contribution in [2.45, 2.75) is 31.9 Å². The van der Waals surface area contributed by atoms with Crippen molar-refractivity contribution in [3.63, 3.8) is 0 Å². The van der Waals surface area contributed by atoms with Crippen LogP contribution in [-0.2, 0) is 17.4 Å². The van der Waals surface area contributed by atoms with Gasteiger partial charge in [0.05, 0.1) is 5.56 Å². The molecule has 0 radical (unpaired) electrons. The predicted octanol–water partition coefficient (Wildman–Crippen LogP) is 5.69. The summed E-state index contributed by atoms with van der Waals surface area (Å²) in [6, 6.07) is 7.61. The van der Waals surface area contributed by atoms with Crippen molar-refractivity contribution in [3.8, 4) is 0 Å². The Kier molecular flexibility index (Phi) is 6.17. The number of halogens is 3. The molecule has 7 heteroatoms. The van der Waals surface area contributed by atoms with E-state index in [-0.39, 0.29) is 11.5 Å². The zero-order chi connectivity index (χ0) is 22.7. The average molecular weight is 439 g/mol. The molecule has 2 aliphatic heterocycles. The van der Waals surface area contributed by atoms with Crippen LogP contribution >= 0.6 is 0 Å². The Morgan fingerprint density at radius 3 is 2.78 bits per heavy atom. The van der Waals surface area contributed by atoms with Gasteiger partial charge in [0.2, 0.25) is 5.91 Å². The molecule has 0 atom stereocenters. The monoisotopic (exact) mass is 439 g/mol. The summed E-state index contributed by atoms with van der Waals surface area (Å²) in [5.74, 6) is 0.642. The quantitative estimate of drug-likeness (QED) is 0.625. The van der Waals surface area contributed by atoms with E-state index in [9.17, 15) is 18.0 Å². The third-order valence-corrected chi connectivity index (χ3v) is 5.73. The van der Waals surface area contributed by atoms with Crippen LogP contribution in [0.2, 0.25) is 0 Å². The maximum atomic E-state index is 13.4. The van der Waals surface area contributed by atoms with Crippen LogP contribution in [0, 0.1) is 0 Å². The third-order valence-electron chi connectivity index (χ3n) is 5.73. The average Bonchev–Trinajstić information content (AvgIpc) is 3.03. The van der Waals surface area contributed by atoms with E-state index in [0.717, 1.165) is 41.5 Å². The summed E-state index contributed by atoms with van der Waals surface area (Å²) >= 11 is 0. The van der Waals surface area contributed by atoms with Crippen molar-refractivity contribution in [3.05, 3.63) is 83.2 Å². The predicted molar refractivity (Wildman–Crippen MR) is 120 cm³/mol. The van der Waals surface area contributed by atoms with Crippen molar-refractivity contribution >= 4 is 23.4 Å². The highest BCUT2D eigenvalue weighted by atomic mass is 19.4. The number of benzene rings is 1. The smallest absolute Gasteiger partial charge is 0.344 e. The minimum Gasteiger partial charge on any atom is -0.344 e. The Labute approximate surface area is 185 Å². The number of hydrogen-bond donors (Lipinski definition) is 1. The minimum absolute atomic E-state index is 0.159. The van der Waals surface area contributed by atoms with Crippen LogP contribution in [0.3, 0.4) is 0 Å². The molecule has 1 N–H and O–H groups in total. The van der Waals surface area contributed by atoms with Crippen molar-refractivity contribution in [1.29, 1.82) is 0 Å². The Hall–Kier alpha value is -3.35. The first-order valence-corrected chi connectivity index (χ1v) is 10.6. The minimum atomic E-state index is -4.41. The highest BCUT2D eigenvalue weighted by molar-refractivity contribution is 5.92. The van der Waals surface area contributed by atoms with E-state index >= 15 is 0 Å². The first-order chi connectivity index (χ1) is 15.3. The number of nitrogens with zero attached hydrogens (tertiary/aromatic N) is 2. The van der Waals surface area contributed by atoms with Crippen LogP contribution < -0.4 is 5.32 Å². The number of aryl methyl sites for hydroxylation is 1. The summed E-state index contributed by atoms with van der Waals surface area (Å²) in [6.45, 7) is 4.76. The second-order valence-corrected chi connectivity index (χ2v) is 7.97. The van der Waals surface area contributed by atoms with E-state index in [1.54, 1.807) is 23.2 Å². The number of amides is 1. The number of carbonyl (C=O) groups is 1. The molecule has 1 amide bonds. The van der Waals surface area contributed by atoms with E-state index < -0.39 is 11.7 Å². The van der Waals surface area contributed by atoms with Gasteiger partial charge in [0.25, 0.3) is 0 Å². The van der Waals surface area contributed by atoms with E-state index in [2.05, 4.69) is 16.9 Å². The summed E-state index contributed by atoms with van der Waals surface area (Å²) in [4.78, 5) is 18.8. The first-order valence-electron chi connectivity index (χ1n) is 10.6. The van der Waals surface area contributed by atoms with Crippen LogP contribution in [0.1, 0.15) is 41.5 Å². The molecule has 1 aromatic heterocycles. The number of anilines is 1. The molecule has 0 fully saturated rings. The molecule has 166 valence electrons. The number of hydrogen-bond acceptors (Lipinski definition) is 3. The van der Waals surface area contributed by atoms with E-state index in [1.807, 2.05) is 12.1 Å². The number of alkyl halides is 3. The van der Waals surface area contributed by atoms with Crippen LogP contribution in [0.25, 0.3) is 11.6 Å². The second kappa shape index (κ2) is 9.02. The molecular formula is C25H24F3N3O. The number of aromatic nitrogens is 1. The Balaban J connectivity index is 1.42. The summed E-state index contributed by atoms with van der Waals surface area (Å²) in [5.41, 5.74) is 3.05. The summed E-state index contributed by atoms with van der Waals surface area (Å²) in [5, 5.41) is 3.16. The van der Waals surface area contributed by atoms with Crippen LogP contribution in [0.5, 0.6) is 0 Å². The maximum Gasteiger partial charge on any atom is 0.416 e. The molecule has 3 heterocycles. The van der Waals surface area contributed by atoms with Gasteiger partial charge in [0, 0.05) is 31.1 Å². The number of rotatable bonds is 3. The highest BCUT2D eigenvalue weighted by Gasteiger charge is 2.34. The van der Waals surface area contributed by atoms with Gasteiger partial charge in [-0.15, -0.1) is 0 Å². The van der Waals surface area contributed by atoms with E-state index in [0.29, 0.717) is 31.5 Å². The van der Waals surface area contributed by atoms with Crippen LogP contribution in [-0.4, -0.2) is 28.9 Å². The first kappa shape index (κ1) is 21.9. The van der Waals surface area contributed by atoms with Gasteiger partial charge in [-0.2, -0.15) is 13.2 Å². The standard InChI is InChI=1S/C25H24F3N3O/c1-17-8-10-20-15-18(16-29-24(20)30-17)9-11-23(32)31-13-4-5-19(12-14-31)21-6-2-3-7-22(21)25(26,27)28/h2-3,5-7,9,11,15-16H,1,4,8,10,12-14H2,(H,29,30)/b11-9+. The van der Waals surface area contributed by atoms with Crippen LogP contribution in [0.15, 0.2) is 61.0 Å².